The summed E-state index contributed by atoms with van der Waals surface area (Å²) in [6.07, 6.45) is 0.888. The van der Waals surface area contributed by atoms with E-state index >= 15 is 0 Å². The normalized spacial score (nSPS) is 47.8. The van der Waals surface area contributed by atoms with Crippen molar-refractivity contribution in [3.63, 3.8) is 0 Å². The highest BCUT2D eigenvalue weighted by atomic mass is 16.4. The molecular weight excluding hydrogens is 244 g/mol. The summed E-state index contributed by atoms with van der Waals surface area (Å²) >= 11 is 0. The Balaban J connectivity index is 2.52. The molecule has 2 bridgehead atoms. The van der Waals surface area contributed by atoms with Gasteiger partial charge < -0.3 is 20.4 Å². The molecule has 4 heteroatoms. The maximum atomic E-state index is 10.6. The third kappa shape index (κ3) is 2.04. The highest BCUT2D eigenvalue weighted by Gasteiger charge is 2.62. The fraction of sp³-hybridized carbons (Fsp3) is 1.00. The summed E-state index contributed by atoms with van der Waals surface area (Å²) in [5.74, 6) is 0. The zero-order valence-electron chi connectivity index (χ0n) is 12.3. The first-order chi connectivity index (χ1) is 8.70. The van der Waals surface area contributed by atoms with Crippen LogP contribution in [-0.2, 0) is 0 Å². The first-order valence-electron chi connectivity index (χ1n) is 7.35. The van der Waals surface area contributed by atoms with Crippen LogP contribution in [0.3, 0.4) is 0 Å². The van der Waals surface area contributed by atoms with Crippen molar-refractivity contribution in [3.05, 3.63) is 0 Å². The summed E-state index contributed by atoms with van der Waals surface area (Å²) in [7, 11) is 0. The molecule has 4 N–H and O–H groups in total. The molecule has 2 saturated carbocycles. The van der Waals surface area contributed by atoms with Crippen molar-refractivity contribution >= 4 is 0 Å². The third-order valence-electron chi connectivity index (χ3n) is 5.86. The van der Waals surface area contributed by atoms with Crippen molar-refractivity contribution < 1.29 is 20.4 Å². The lowest BCUT2D eigenvalue weighted by Crippen LogP contribution is -2.65. The van der Waals surface area contributed by atoms with Gasteiger partial charge in [-0.3, -0.25) is 0 Å². The van der Waals surface area contributed by atoms with Gasteiger partial charge in [0.15, 0.2) is 0 Å². The topological polar surface area (TPSA) is 80.9 Å². The summed E-state index contributed by atoms with van der Waals surface area (Å²) in [6, 6.07) is 0. The van der Waals surface area contributed by atoms with Gasteiger partial charge in [-0.15, -0.1) is 0 Å². The Morgan fingerprint density at radius 1 is 1.00 bits per heavy atom. The van der Waals surface area contributed by atoms with Crippen LogP contribution in [-0.4, -0.2) is 45.3 Å². The van der Waals surface area contributed by atoms with E-state index in [-0.39, 0.29) is 12.0 Å². The zero-order chi connectivity index (χ0) is 14.5. The second-order valence-corrected chi connectivity index (χ2v) is 7.69. The van der Waals surface area contributed by atoms with Gasteiger partial charge in [0.25, 0.3) is 0 Å². The van der Waals surface area contributed by atoms with Crippen LogP contribution in [0.2, 0.25) is 0 Å². The molecule has 0 radical (unpaired) electrons. The van der Waals surface area contributed by atoms with Gasteiger partial charge in [-0.2, -0.15) is 0 Å². The summed E-state index contributed by atoms with van der Waals surface area (Å²) in [6.45, 7) is 6.10. The number of rotatable bonds is 1. The first kappa shape index (κ1) is 15.2. The predicted octanol–water partition coefficient (Wildman–Crippen LogP) is 1.06. The van der Waals surface area contributed by atoms with Crippen LogP contribution in [0.5, 0.6) is 0 Å². The highest BCUT2D eigenvalue weighted by molar-refractivity contribution is 5.12. The molecular formula is C15H28O4. The standard InChI is InChI=1S/C15H28O4/c1-13(2,3)15-7-5-4-6-14(8-15,9-16)11(18)10(17)12(15)19/h10-12,16-19H,4-9H2,1-3H3/t10-,11-,12+,14+,15?/m0/s1. The molecule has 19 heavy (non-hydrogen) atoms. The van der Waals surface area contributed by atoms with Crippen LogP contribution >= 0.6 is 0 Å². The quantitative estimate of drug-likeness (QED) is 0.575. The Hall–Kier alpha value is -0.160. The number of aliphatic hydroxyl groups excluding tert-OH is 4. The zero-order valence-corrected chi connectivity index (χ0v) is 12.3. The molecule has 5 atom stereocenters. The Bertz CT molecular complexity index is 338. The molecule has 2 aliphatic carbocycles. The van der Waals surface area contributed by atoms with Crippen LogP contribution < -0.4 is 0 Å². The lowest BCUT2D eigenvalue weighted by Gasteiger charge is -2.58. The van der Waals surface area contributed by atoms with Gasteiger partial charge in [-0.1, -0.05) is 33.6 Å². The molecule has 0 aromatic carbocycles. The van der Waals surface area contributed by atoms with E-state index in [1.54, 1.807) is 0 Å². The monoisotopic (exact) mass is 272 g/mol. The van der Waals surface area contributed by atoms with Crippen molar-refractivity contribution in [1.82, 2.24) is 0 Å². The van der Waals surface area contributed by atoms with Crippen LogP contribution in [0.25, 0.3) is 0 Å². The maximum Gasteiger partial charge on any atom is 0.107 e. The van der Waals surface area contributed by atoms with Crippen molar-refractivity contribution in [2.45, 2.75) is 71.2 Å². The lowest BCUT2D eigenvalue weighted by atomic mass is 9.49. The second-order valence-electron chi connectivity index (χ2n) is 7.69. The largest absolute Gasteiger partial charge is 0.396 e. The van der Waals surface area contributed by atoms with E-state index < -0.39 is 29.1 Å². The van der Waals surface area contributed by atoms with Gasteiger partial charge in [-0.05, 0) is 24.7 Å². The van der Waals surface area contributed by atoms with Crippen LogP contribution in [0, 0.1) is 16.2 Å². The minimum atomic E-state index is -1.17. The third-order valence-corrected chi connectivity index (χ3v) is 5.86. The molecule has 0 spiro atoms. The molecule has 0 saturated heterocycles. The minimum Gasteiger partial charge on any atom is -0.396 e. The Labute approximate surface area is 115 Å². The Kier molecular flexibility index (Phi) is 3.76. The molecule has 0 aliphatic heterocycles. The molecule has 112 valence electrons. The summed E-state index contributed by atoms with van der Waals surface area (Å²) in [4.78, 5) is 0. The second kappa shape index (κ2) is 4.69. The molecule has 1 unspecified atom stereocenters. The fourth-order valence-electron chi connectivity index (χ4n) is 4.40. The average Bonchev–Trinajstić information content (AvgIpc) is 2.54. The Morgan fingerprint density at radius 2 is 1.58 bits per heavy atom. The Morgan fingerprint density at radius 3 is 2.11 bits per heavy atom. The van der Waals surface area contributed by atoms with Crippen LogP contribution in [0.4, 0.5) is 0 Å². The molecule has 0 heterocycles. The lowest BCUT2D eigenvalue weighted by molar-refractivity contribution is -0.234. The maximum absolute atomic E-state index is 10.6. The average molecular weight is 272 g/mol. The van der Waals surface area contributed by atoms with Gasteiger partial charge in [0.2, 0.25) is 0 Å². The van der Waals surface area contributed by atoms with Crippen molar-refractivity contribution in [2.24, 2.45) is 16.2 Å². The van der Waals surface area contributed by atoms with Gasteiger partial charge in [0, 0.05) is 10.8 Å². The smallest absolute Gasteiger partial charge is 0.107 e. The van der Waals surface area contributed by atoms with Crippen LogP contribution in [0.1, 0.15) is 52.9 Å². The van der Waals surface area contributed by atoms with E-state index in [0.717, 1.165) is 19.3 Å². The fourth-order valence-corrected chi connectivity index (χ4v) is 4.40. The molecule has 0 amide bonds. The van der Waals surface area contributed by atoms with E-state index in [0.29, 0.717) is 12.8 Å². The van der Waals surface area contributed by atoms with Crippen LogP contribution in [0.15, 0.2) is 0 Å². The van der Waals surface area contributed by atoms with E-state index in [1.807, 2.05) is 0 Å². The summed E-state index contributed by atoms with van der Waals surface area (Å²) in [5, 5.41) is 41.0. The molecule has 2 rings (SSSR count). The number of hydrogen-bond acceptors (Lipinski definition) is 4. The van der Waals surface area contributed by atoms with Crippen molar-refractivity contribution in [3.8, 4) is 0 Å². The number of hydrogen-bond donors (Lipinski definition) is 4. The van der Waals surface area contributed by atoms with Crippen molar-refractivity contribution in [1.29, 1.82) is 0 Å². The van der Waals surface area contributed by atoms with Crippen molar-refractivity contribution in [2.75, 3.05) is 6.61 Å². The molecule has 2 aliphatic rings. The number of aliphatic hydroxyl groups is 4. The first-order valence-corrected chi connectivity index (χ1v) is 7.35. The highest BCUT2D eigenvalue weighted by Crippen LogP contribution is 2.60. The number of fused-ring (bicyclic) bond motifs is 2. The SMILES string of the molecule is CC(C)(C)C12CCCC[C@](CO)(C1)[C@@H](O)[C@H](O)[C@H]2O. The predicted molar refractivity (Wildman–Crippen MR) is 72.5 cm³/mol. The van der Waals surface area contributed by atoms with E-state index in [1.165, 1.54) is 0 Å². The van der Waals surface area contributed by atoms with Gasteiger partial charge in [-0.25, -0.2) is 0 Å². The molecule has 0 aromatic heterocycles. The molecule has 4 nitrogen and oxygen atoms in total. The van der Waals surface area contributed by atoms with Gasteiger partial charge in [0.1, 0.15) is 6.10 Å². The summed E-state index contributed by atoms with van der Waals surface area (Å²) < 4.78 is 0. The van der Waals surface area contributed by atoms with E-state index in [9.17, 15) is 20.4 Å². The van der Waals surface area contributed by atoms with E-state index in [4.69, 9.17) is 0 Å². The summed E-state index contributed by atoms with van der Waals surface area (Å²) in [5.41, 5.74) is -1.29. The molecule has 2 fully saturated rings. The van der Waals surface area contributed by atoms with Gasteiger partial charge >= 0.3 is 0 Å². The van der Waals surface area contributed by atoms with Gasteiger partial charge in [0.05, 0.1) is 18.8 Å². The van der Waals surface area contributed by atoms with E-state index in [2.05, 4.69) is 20.8 Å². The molecule has 0 aromatic rings. The minimum absolute atomic E-state index is 0.129.